The standard InChI is InChI=1S/C44H45N5O7S/c50-39-21-22-40(51)46-37(27-34-12-7-23-57-34)43(54)48-36(25-29-13-17-32(18-14-29)31-10-5-2-6-11-31)41(52)47-35(24-28-8-3-1-4-9-28)42(53)49-38(44(55)56)26-30-15-19-33(45-39)20-16-30/h1-11,13-20,23,34-38H,12,21-22,24-27H2,(H,45,50)(H,46,51)(H,47,52)(H,48,54)(H,49,53)(H,55,56)/t34?,35-,36-,37-,38-/m1/s1. The Labute approximate surface area is 335 Å². The van der Waals surface area contributed by atoms with Gasteiger partial charge < -0.3 is 31.7 Å². The number of rotatable bonds is 8. The maximum atomic E-state index is 14.4. The van der Waals surface area contributed by atoms with Gasteiger partial charge in [-0.15, -0.1) is 11.8 Å². The van der Waals surface area contributed by atoms with Crippen LogP contribution in [0.3, 0.4) is 0 Å². The lowest BCUT2D eigenvalue weighted by atomic mass is 9.99. The van der Waals surface area contributed by atoms with Crippen LogP contribution in [0.5, 0.6) is 0 Å². The van der Waals surface area contributed by atoms with Crippen LogP contribution in [0.15, 0.2) is 121 Å². The fourth-order valence-electron chi connectivity index (χ4n) is 6.74. The molecule has 3 heterocycles. The van der Waals surface area contributed by atoms with Crippen molar-refractivity contribution in [2.24, 2.45) is 0 Å². The molecule has 4 aromatic carbocycles. The van der Waals surface area contributed by atoms with E-state index in [-0.39, 0.29) is 43.8 Å². The first-order chi connectivity index (χ1) is 27.6. The molecule has 6 N–H and O–H groups in total. The molecule has 0 aliphatic carbocycles. The minimum absolute atomic E-state index is 0.000681. The Morgan fingerprint density at radius 3 is 1.79 bits per heavy atom. The molecule has 12 nitrogen and oxygen atoms in total. The summed E-state index contributed by atoms with van der Waals surface area (Å²) in [7, 11) is 0. The average Bonchev–Trinajstić information content (AvgIpc) is 3.73. The van der Waals surface area contributed by atoms with E-state index >= 15 is 0 Å². The Morgan fingerprint density at radius 1 is 0.614 bits per heavy atom. The zero-order chi connectivity index (χ0) is 40.1. The second kappa shape index (κ2) is 19.6. The molecular weight excluding hydrogens is 743 g/mol. The van der Waals surface area contributed by atoms with Crippen LogP contribution in [0, 0.1) is 0 Å². The van der Waals surface area contributed by atoms with Gasteiger partial charge in [-0.3, -0.25) is 24.0 Å². The molecule has 3 aliphatic rings. The van der Waals surface area contributed by atoms with Gasteiger partial charge in [-0.2, -0.15) is 0 Å². The van der Waals surface area contributed by atoms with Crippen molar-refractivity contribution in [1.29, 1.82) is 0 Å². The number of anilines is 1. The Bertz CT molecular complexity index is 2070. The number of aliphatic carboxylic acids is 1. The Balaban J connectivity index is 1.33. The minimum atomic E-state index is -1.35. The summed E-state index contributed by atoms with van der Waals surface area (Å²) in [5, 5.41) is 25.9. The van der Waals surface area contributed by atoms with Gasteiger partial charge in [-0.05, 0) is 58.2 Å². The number of hydrogen-bond donors (Lipinski definition) is 6. The first-order valence-corrected chi connectivity index (χ1v) is 19.8. The van der Waals surface area contributed by atoms with Crippen LogP contribution >= 0.6 is 11.8 Å². The van der Waals surface area contributed by atoms with E-state index in [2.05, 4.69) is 26.6 Å². The van der Waals surface area contributed by atoms with Crippen molar-refractivity contribution in [2.75, 3.05) is 5.32 Å². The summed E-state index contributed by atoms with van der Waals surface area (Å²) < 4.78 is 0. The fraction of sp³-hybridized carbons (Fsp3) is 0.273. The molecule has 0 spiro atoms. The van der Waals surface area contributed by atoms with Gasteiger partial charge in [0.25, 0.3) is 0 Å². The quantitative estimate of drug-likeness (QED) is 0.141. The van der Waals surface area contributed by atoms with E-state index < -0.39 is 59.7 Å². The summed E-state index contributed by atoms with van der Waals surface area (Å²) in [6, 6.07) is 28.1. The zero-order valence-corrected chi connectivity index (χ0v) is 32.0. The number of carbonyl (C=O) groups excluding carboxylic acids is 5. The number of thioether (sulfide) groups is 1. The third-order valence-electron chi connectivity index (χ3n) is 9.84. The molecule has 0 aromatic heterocycles. The van der Waals surface area contributed by atoms with Gasteiger partial charge >= 0.3 is 5.97 Å². The lowest BCUT2D eigenvalue weighted by Gasteiger charge is -2.27. The summed E-state index contributed by atoms with van der Waals surface area (Å²) in [6.45, 7) is 0. The molecule has 13 heteroatoms. The number of nitrogens with one attached hydrogen (secondary N) is 5. The summed E-state index contributed by atoms with van der Waals surface area (Å²) in [5.74, 6) is -4.18. The van der Waals surface area contributed by atoms with Crippen LogP contribution in [0.2, 0.25) is 0 Å². The first kappa shape index (κ1) is 40.5. The van der Waals surface area contributed by atoms with Crippen molar-refractivity contribution in [3.63, 3.8) is 0 Å². The molecule has 4 aromatic rings. The number of benzene rings is 4. The molecule has 1 unspecified atom stereocenters. The smallest absolute Gasteiger partial charge is 0.326 e. The highest BCUT2D eigenvalue weighted by Gasteiger charge is 2.33. The number of fused-ring (bicyclic) bond motifs is 18. The van der Waals surface area contributed by atoms with Gasteiger partial charge in [0.05, 0.1) is 0 Å². The summed E-state index contributed by atoms with van der Waals surface area (Å²) in [4.78, 5) is 81.1. The number of carboxylic acids is 1. The van der Waals surface area contributed by atoms with Crippen molar-refractivity contribution in [2.45, 2.75) is 74.4 Å². The molecule has 0 fully saturated rings. The molecule has 294 valence electrons. The highest BCUT2D eigenvalue weighted by molar-refractivity contribution is 8.03. The van der Waals surface area contributed by atoms with Crippen LogP contribution in [-0.4, -0.2) is 70.0 Å². The molecular formula is C44H45N5O7S. The van der Waals surface area contributed by atoms with Crippen molar-refractivity contribution >= 4 is 53.0 Å². The Kier molecular flexibility index (Phi) is 13.9. The van der Waals surface area contributed by atoms with Crippen molar-refractivity contribution in [3.8, 4) is 11.1 Å². The highest BCUT2D eigenvalue weighted by Crippen LogP contribution is 2.28. The lowest BCUT2D eigenvalue weighted by molar-refractivity contribution is -0.142. The maximum Gasteiger partial charge on any atom is 0.326 e. The zero-order valence-electron chi connectivity index (χ0n) is 31.2. The number of carbonyl (C=O) groups is 6. The third kappa shape index (κ3) is 11.9. The normalized spacial score (nSPS) is 22.3. The van der Waals surface area contributed by atoms with Crippen molar-refractivity contribution < 1.29 is 33.9 Å². The molecule has 3 aliphatic heterocycles. The Hall–Kier alpha value is -6.21. The van der Waals surface area contributed by atoms with E-state index in [1.807, 2.05) is 72.1 Å². The van der Waals surface area contributed by atoms with E-state index in [0.717, 1.165) is 22.3 Å². The van der Waals surface area contributed by atoms with Crippen LogP contribution in [0.25, 0.3) is 11.1 Å². The van der Waals surface area contributed by atoms with Gasteiger partial charge in [0, 0.05) is 43.0 Å². The van der Waals surface area contributed by atoms with Gasteiger partial charge in [0.1, 0.15) is 24.2 Å². The number of allylic oxidation sites excluding steroid dienone is 1. The predicted molar refractivity (Wildman–Crippen MR) is 219 cm³/mol. The number of carboxylic acid groups (broad SMARTS) is 1. The second-order valence-corrected chi connectivity index (χ2v) is 15.4. The molecule has 2 bridgehead atoms. The first-order valence-electron chi connectivity index (χ1n) is 18.9. The highest BCUT2D eigenvalue weighted by atomic mass is 32.2. The second-order valence-electron chi connectivity index (χ2n) is 14.1. The van der Waals surface area contributed by atoms with Crippen LogP contribution in [-0.2, 0) is 48.0 Å². The van der Waals surface area contributed by atoms with Crippen LogP contribution < -0.4 is 26.6 Å². The molecule has 0 saturated carbocycles. The van der Waals surface area contributed by atoms with Crippen molar-refractivity contribution in [3.05, 3.63) is 137 Å². The molecule has 0 radical (unpaired) electrons. The number of amides is 5. The van der Waals surface area contributed by atoms with Crippen LogP contribution in [0.4, 0.5) is 5.69 Å². The summed E-state index contributed by atoms with van der Waals surface area (Å²) in [5.41, 5.74) is 4.44. The lowest BCUT2D eigenvalue weighted by Crippen LogP contribution is -2.59. The van der Waals surface area contributed by atoms with Crippen LogP contribution in [0.1, 0.15) is 42.4 Å². The van der Waals surface area contributed by atoms with E-state index in [0.29, 0.717) is 17.7 Å². The predicted octanol–water partition coefficient (Wildman–Crippen LogP) is 4.55. The fourth-order valence-corrected chi connectivity index (χ4v) is 7.71. The molecule has 5 atom stereocenters. The third-order valence-corrected chi connectivity index (χ3v) is 11.0. The van der Waals surface area contributed by atoms with E-state index in [1.165, 1.54) is 0 Å². The van der Waals surface area contributed by atoms with E-state index in [9.17, 15) is 33.9 Å². The van der Waals surface area contributed by atoms with E-state index in [4.69, 9.17) is 0 Å². The van der Waals surface area contributed by atoms with E-state index in [1.54, 1.807) is 60.3 Å². The van der Waals surface area contributed by atoms with Crippen molar-refractivity contribution in [1.82, 2.24) is 21.3 Å². The topological polar surface area (TPSA) is 183 Å². The minimum Gasteiger partial charge on any atom is -0.480 e. The molecule has 5 amide bonds. The Morgan fingerprint density at radius 2 is 1.18 bits per heavy atom. The molecule has 57 heavy (non-hydrogen) atoms. The SMILES string of the molecule is O=C1CCC(=O)N[C@H](CC2CC=CS2)C(=O)N[C@H](Cc2ccc(-c3ccccc3)cc2)C(=O)N[C@H](Cc2ccccc2)C(=O)N[C@@H](C(=O)O)Cc2ccc(cc2)N1. The van der Waals surface area contributed by atoms with Gasteiger partial charge in [0.15, 0.2) is 0 Å². The largest absolute Gasteiger partial charge is 0.480 e. The maximum absolute atomic E-state index is 14.4. The monoisotopic (exact) mass is 787 g/mol. The van der Waals surface area contributed by atoms with Gasteiger partial charge in [-0.25, -0.2) is 4.79 Å². The summed E-state index contributed by atoms with van der Waals surface area (Å²) >= 11 is 1.54. The average molecular weight is 788 g/mol. The molecule has 7 rings (SSSR count). The molecule has 0 saturated heterocycles. The number of hydrogen-bond acceptors (Lipinski definition) is 7. The van der Waals surface area contributed by atoms with Gasteiger partial charge in [0.2, 0.25) is 29.5 Å². The summed E-state index contributed by atoms with van der Waals surface area (Å²) in [6.07, 6.45) is 2.62. The van der Waals surface area contributed by atoms with Gasteiger partial charge in [-0.1, -0.05) is 103 Å².